The average Bonchev–Trinajstić information content (AvgIpc) is 3.27. The quantitative estimate of drug-likeness (QED) is 0.257. The fourth-order valence-corrected chi connectivity index (χ4v) is 4.42. The van der Waals surface area contributed by atoms with E-state index in [-0.39, 0.29) is 11.7 Å². The van der Waals surface area contributed by atoms with Crippen molar-refractivity contribution >= 4 is 35.0 Å². The molecule has 1 N–H and O–H groups in total. The van der Waals surface area contributed by atoms with Gasteiger partial charge >= 0.3 is 0 Å². The SMILES string of the molecule is CCCCc1ccc(NC(=O)CSc2nnc(-c3ccc(Cl)cc3)n2-c2ccc(C)cc2)cc1. The molecule has 0 saturated carbocycles. The van der Waals surface area contributed by atoms with E-state index in [0.29, 0.717) is 16.0 Å². The zero-order valence-electron chi connectivity index (χ0n) is 19.3. The lowest BCUT2D eigenvalue weighted by Gasteiger charge is -2.11. The van der Waals surface area contributed by atoms with E-state index in [1.165, 1.54) is 35.7 Å². The Kier molecular flexibility index (Phi) is 8.03. The molecule has 0 saturated heterocycles. The van der Waals surface area contributed by atoms with Gasteiger partial charge in [0.15, 0.2) is 11.0 Å². The molecule has 4 aromatic rings. The van der Waals surface area contributed by atoms with Crippen molar-refractivity contribution in [2.24, 2.45) is 0 Å². The first-order valence-electron chi connectivity index (χ1n) is 11.3. The van der Waals surface area contributed by atoms with Crippen LogP contribution in [0.3, 0.4) is 0 Å². The Bertz CT molecular complexity index is 1240. The topological polar surface area (TPSA) is 59.8 Å². The number of hydrogen-bond acceptors (Lipinski definition) is 4. The number of anilines is 1. The van der Waals surface area contributed by atoms with Crippen LogP contribution in [0.5, 0.6) is 0 Å². The maximum atomic E-state index is 12.6. The largest absolute Gasteiger partial charge is 0.325 e. The highest BCUT2D eigenvalue weighted by atomic mass is 35.5. The molecular weight excluding hydrogens is 464 g/mol. The molecular formula is C27H27ClN4OS. The Morgan fingerprint density at radius 2 is 1.68 bits per heavy atom. The highest BCUT2D eigenvalue weighted by Crippen LogP contribution is 2.29. The third kappa shape index (κ3) is 6.07. The second kappa shape index (κ2) is 11.4. The summed E-state index contributed by atoms with van der Waals surface area (Å²) >= 11 is 7.43. The number of nitrogens with zero attached hydrogens (tertiary/aromatic N) is 3. The lowest BCUT2D eigenvalue weighted by Crippen LogP contribution is -2.14. The van der Waals surface area contributed by atoms with E-state index in [1.54, 1.807) is 0 Å². The summed E-state index contributed by atoms with van der Waals surface area (Å²) in [5.74, 6) is 0.839. The molecule has 0 radical (unpaired) electrons. The average molecular weight is 491 g/mol. The predicted octanol–water partition coefficient (Wildman–Crippen LogP) is 6.97. The van der Waals surface area contributed by atoms with Crippen LogP contribution in [0.4, 0.5) is 5.69 Å². The van der Waals surface area contributed by atoms with Gasteiger partial charge in [-0.05, 0) is 73.9 Å². The maximum Gasteiger partial charge on any atom is 0.234 e. The van der Waals surface area contributed by atoms with Crippen molar-refractivity contribution in [1.29, 1.82) is 0 Å². The highest BCUT2D eigenvalue weighted by molar-refractivity contribution is 7.99. The second-order valence-corrected chi connectivity index (χ2v) is 9.50. The van der Waals surface area contributed by atoms with Crippen molar-refractivity contribution in [3.05, 3.63) is 88.9 Å². The van der Waals surface area contributed by atoms with Crippen LogP contribution >= 0.6 is 23.4 Å². The lowest BCUT2D eigenvalue weighted by molar-refractivity contribution is -0.113. The molecule has 0 bridgehead atoms. The Morgan fingerprint density at radius 1 is 0.971 bits per heavy atom. The van der Waals surface area contributed by atoms with Crippen LogP contribution < -0.4 is 5.32 Å². The number of carbonyl (C=O) groups is 1. The van der Waals surface area contributed by atoms with E-state index in [1.807, 2.05) is 72.2 Å². The maximum absolute atomic E-state index is 12.6. The number of halogens is 1. The highest BCUT2D eigenvalue weighted by Gasteiger charge is 2.17. The molecule has 0 aliphatic heterocycles. The molecule has 5 nitrogen and oxygen atoms in total. The fraction of sp³-hybridized carbons (Fsp3) is 0.222. The monoisotopic (exact) mass is 490 g/mol. The summed E-state index contributed by atoms with van der Waals surface area (Å²) in [6.07, 6.45) is 3.40. The number of unbranched alkanes of at least 4 members (excludes halogenated alkanes) is 1. The van der Waals surface area contributed by atoms with E-state index in [4.69, 9.17) is 11.6 Å². The third-order valence-corrected chi connectivity index (χ3v) is 6.60. The molecule has 0 aliphatic carbocycles. The van der Waals surface area contributed by atoms with Crippen molar-refractivity contribution < 1.29 is 4.79 Å². The van der Waals surface area contributed by atoms with Crippen LogP contribution in [-0.4, -0.2) is 26.4 Å². The number of amides is 1. The van der Waals surface area contributed by atoms with Gasteiger partial charge in [0.2, 0.25) is 5.91 Å². The van der Waals surface area contributed by atoms with Crippen molar-refractivity contribution in [3.8, 4) is 17.1 Å². The van der Waals surface area contributed by atoms with Crippen molar-refractivity contribution in [3.63, 3.8) is 0 Å². The number of nitrogens with one attached hydrogen (secondary N) is 1. The number of benzene rings is 3. The normalized spacial score (nSPS) is 10.9. The minimum atomic E-state index is -0.0854. The van der Waals surface area contributed by atoms with E-state index >= 15 is 0 Å². The number of hydrogen-bond donors (Lipinski definition) is 1. The molecule has 174 valence electrons. The summed E-state index contributed by atoms with van der Waals surface area (Å²) < 4.78 is 1.98. The minimum absolute atomic E-state index is 0.0854. The number of aromatic nitrogens is 3. The van der Waals surface area contributed by atoms with E-state index in [9.17, 15) is 4.79 Å². The number of rotatable bonds is 9. The molecule has 7 heteroatoms. The summed E-state index contributed by atoms with van der Waals surface area (Å²) in [5, 5.41) is 13.1. The van der Waals surface area contributed by atoms with Gasteiger partial charge in [0.1, 0.15) is 0 Å². The first-order valence-corrected chi connectivity index (χ1v) is 12.7. The van der Waals surface area contributed by atoms with Gasteiger partial charge in [0.05, 0.1) is 5.75 Å². The molecule has 0 fully saturated rings. The second-order valence-electron chi connectivity index (χ2n) is 8.12. The Hall–Kier alpha value is -3.09. The van der Waals surface area contributed by atoms with Gasteiger partial charge in [-0.25, -0.2) is 0 Å². The van der Waals surface area contributed by atoms with Gasteiger partial charge in [-0.3, -0.25) is 9.36 Å². The smallest absolute Gasteiger partial charge is 0.234 e. The molecule has 1 heterocycles. The van der Waals surface area contributed by atoms with Crippen LogP contribution in [0.2, 0.25) is 5.02 Å². The molecule has 0 spiro atoms. The molecule has 0 atom stereocenters. The Balaban J connectivity index is 1.50. The molecule has 34 heavy (non-hydrogen) atoms. The number of carbonyl (C=O) groups excluding carboxylic acids is 1. The molecule has 1 amide bonds. The van der Waals surface area contributed by atoms with Gasteiger partial charge in [-0.15, -0.1) is 10.2 Å². The summed E-state index contributed by atoms with van der Waals surface area (Å²) in [5.41, 5.74) is 5.09. The summed E-state index contributed by atoms with van der Waals surface area (Å²) in [4.78, 5) is 12.6. The zero-order valence-corrected chi connectivity index (χ0v) is 20.9. The van der Waals surface area contributed by atoms with E-state index in [2.05, 4.69) is 34.6 Å². The summed E-state index contributed by atoms with van der Waals surface area (Å²) in [6, 6.07) is 23.7. The Morgan fingerprint density at radius 3 is 2.35 bits per heavy atom. The van der Waals surface area contributed by atoms with Crippen molar-refractivity contribution in [2.75, 3.05) is 11.1 Å². The van der Waals surface area contributed by atoms with Crippen LogP contribution in [0.15, 0.2) is 78.0 Å². The number of aryl methyl sites for hydroxylation is 2. The molecule has 1 aromatic heterocycles. The van der Waals surface area contributed by atoms with Gasteiger partial charge in [-0.2, -0.15) is 0 Å². The first kappa shape index (κ1) is 24.0. The fourth-order valence-electron chi connectivity index (χ4n) is 3.54. The van der Waals surface area contributed by atoms with Gasteiger partial charge < -0.3 is 5.32 Å². The minimum Gasteiger partial charge on any atom is -0.325 e. The van der Waals surface area contributed by atoms with Gasteiger partial charge in [0.25, 0.3) is 0 Å². The van der Waals surface area contributed by atoms with Crippen LogP contribution in [0.1, 0.15) is 30.9 Å². The standard InChI is InChI=1S/C27H27ClN4OS/c1-3-4-5-20-8-14-23(15-9-20)29-25(33)18-34-27-31-30-26(21-10-12-22(28)13-11-21)32(27)24-16-6-19(2)7-17-24/h6-17H,3-5,18H2,1-2H3,(H,29,33). The molecule has 3 aromatic carbocycles. The van der Waals surface area contributed by atoms with E-state index in [0.717, 1.165) is 23.4 Å². The van der Waals surface area contributed by atoms with Gasteiger partial charge in [0, 0.05) is 22.0 Å². The molecule has 0 aliphatic rings. The number of thioether (sulfide) groups is 1. The lowest BCUT2D eigenvalue weighted by atomic mass is 10.1. The van der Waals surface area contributed by atoms with Crippen LogP contribution in [-0.2, 0) is 11.2 Å². The predicted molar refractivity (Wildman–Crippen MR) is 141 cm³/mol. The van der Waals surface area contributed by atoms with Crippen LogP contribution in [0, 0.1) is 6.92 Å². The third-order valence-electron chi connectivity index (χ3n) is 5.42. The molecule has 4 rings (SSSR count). The Labute approximate surface area is 209 Å². The van der Waals surface area contributed by atoms with Crippen LogP contribution in [0.25, 0.3) is 17.1 Å². The van der Waals surface area contributed by atoms with Gasteiger partial charge in [-0.1, -0.05) is 66.5 Å². The van der Waals surface area contributed by atoms with E-state index < -0.39 is 0 Å². The summed E-state index contributed by atoms with van der Waals surface area (Å²) in [6.45, 7) is 4.23. The van der Waals surface area contributed by atoms with Crippen molar-refractivity contribution in [2.45, 2.75) is 38.3 Å². The molecule has 0 unspecified atom stereocenters. The summed E-state index contributed by atoms with van der Waals surface area (Å²) in [7, 11) is 0. The first-order chi connectivity index (χ1) is 16.5. The van der Waals surface area contributed by atoms with Crippen molar-refractivity contribution in [1.82, 2.24) is 14.8 Å². The zero-order chi connectivity index (χ0) is 23.9.